The second kappa shape index (κ2) is 10.2. The second-order valence-corrected chi connectivity index (χ2v) is 4.84. The van der Waals surface area contributed by atoms with Gasteiger partial charge in [0.05, 0.1) is 0 Å². The Morgan fingerprint density at radius 2 is 2.10 bits per heavy atom. The molecule has 2 N–H and O–H groups in total. The predicted octanol–water partition coefficient (Wildman–Crippen LogP) is 2.62. The van der Waals surface area contributed by atoms with E-state index >= 15 is 0 Å². The first-order chi connectivity index (χ1) is 10.2. The number of hydrogen-bond donors (Lipinski definition) is 2. The van der Waals surface area contributed by atoms with Crippen LogP contribution in [0.3, 0.4) is 0 Å². The Morgan fingerprint density at radius 1 is 1.29 bits per heavy atom. The number of ether oxygens (including phenoxy) is 1. The summed E-state index contributed by atoms with van der Waals surface area (Å²) in [6.45, 7) is 6.72. The molecule has 0 aliphatic rings. The Kier molecular flexibility index (Phi) is 8.43. The largest absolute Gasteiger partial charge is 0.382 e. The van der Waals surface area contributed by atoms with Crippen LogP contribution >= 0.6 is 0 Å². The monoisotopic (exact) mass is 295 g/mol. The first-order valence-corrected chi connectivity index (χ1v) is 7.44. The number of hydrogen-bond acceptors (Lipinski definition) is 2. The van der Waals surface area contributed by atoms with Gasteiger partial charge in [-0.3, -0.25) is 4.99 Å². The van der Waals surface area contributed by atoms with Crippen LogP contribution in [-0.2, 0) is 11.3 Å². The van der Waals surface area contributed by atoms with E-state index in [0.29, 0.717) is 12.1 Å². The van der Waals surface area contributed by atoms with Crippen molar-refractivity contribution in [2.75, 3.05) is 26.8 Å². The van der Waals surface area contributed by atoms with Gasteiger partial charge in [-0.2, -0.15) is 0 Å². The first kappa shape index (κ1) is 17.4. The van der Waals surface area contributed by atoms with Crippen molar-refractivity contribution in [1.82, 2.24) is 10.6 Å². The van der Waals surface area contributed by atoms with Crippen LogP contribution in [0.15, 0.2) is 23.2 Å². The lowest BCUT2D eigenvalue weighted by atomic mass is 10.1. The lowest BCUT2D eigenvalue weighted by Crippen LogP contribution is -2.37. The maximum atomic E-state index is 13.5. The van der Waals surface area contributed by atoms with Crippen molar-refractivity contribution >= 4 is 5.96 Å². The van der Waals surface area contributed by atoms with Crippen molar-refractivity contribution in [3.8, 4) is 0 Å². The predicted molar refractivity (Wildman–Crippen MR) is 85.1 cm³/mol. The molecule has 0 aliphatic carbocycles. The maximum Gasteiger partial charge on any atom is 0.191 e. The Labute approximate surface area is 126 Å². The highest BCUT2D eigenvalue weighted by Crippen LogP contribution is 2.08. The molecule has 5 heteroatoms. The lowest BCUT2D eigenvalue weighted by molar-refractivity contribution is 0.143. The van der Waals surface area contributed by atoms with Crippen molar-refractivity contribution in [2.24, 2.45) is 4.99 Å². The van der Waals surface area contributed by atoms with E-state index in [4.69, 9.17) is 4.74 Å². The standard InChI is InChI=1S/C16H26FN3O/c1-4-21-10-6-5-9-19-16(18-3)20-12-14-8-7-13(2)15(17)11-14/h7-8,11H,4-6,9-10,12H2,1-3H3,(H2,18,19,20). The molecule has 1 rings (SSSR count). The molecule has 0 aromatic heterocycles. The van der Waals surface area contributed by atoms with Gasteiger partial charge in [0, 0.05) is 33.4 Å². The Bertz CT molecular complexity index is 449. The fraction of sp³-hybridized carbons (Fsp3) is 0.562. The molecule has 0 heterocycles. The zero-order valence-corrected chi connectivity index (χ0v) is 13.2. The van der Waals surface area contributed by atoms with Crippen LogP contribution in [0.25, 0.3) is 0 Å². The molecule has 0 atom stereocenters. The van der Waals surface area contributed by atoms with Crippen LogP contribution in [-0.4, -0.2) is 32.8 Å². The number of aliphatic imine (C=N–C) groups is 1. The van der Waals surface area contributed by atoms with Gasteiger partial charge in [0.25, 0.3) is 0 Å². The lowest BCUT2D eigenvalue weighted by Gasteiger charge is -2.12. The summed E-state index contributed by atoms with van der Waals surface area (Å²) in [5.74, 6) is 0.556. The number of halogens is 1. The molecule has 0 bridgehead atoms. The molecule has 0 spiro atoms. The molecule has 1 aromatic rings. The highest BCUT2D eigenvalue weighted by molar-refractivity contribution is 5.79. The van der Waals surface area contributed by atoms with Crippen LogP contribution in [0.2, 0.25) is 0 Å². The first-order valence-electron chi connectivity index (χ1n) is 7.44. The van der Waals surface area contributed by atoms with Gasteiger partial charge in [-0.1, -0.05) is 12.1 Å². The number of unbranched alkanes of at least 4 members (excludes halogenated alkanes) is 1. The number of nitrogens with zero attached hydrogens (tertiary/aromatic N) is 1. The second-order valence-electron chi connectivity index (χ2n) is 4.84. The third kappa shape index (κ3) is 7.09. The zero-order valence-electron chi connectivity index (χ0n) is 13.2. The number of rotatable bonds is 8. The number of benzene rings is 1. The quantitative estimate of drug-likeness (QED) is 0.440. The van der Waals surface area contributed by atoms with Crippen molar-refractivity contribution in [2.45, 2.75) is 33.2 Å². The number of aryl methyl sites for hydroxylation is 1. The fourth-order valence-electron chi connectivity index (χ4n) is 1.83. The minimum absolute atomic E-state index is 0.173. The highest BCUT2D eigenvalue weighted by Gasteiger charge is 2.01. The molecule has 1 aromatic carbocycles. The summed E-state index contributed by atoms with van der Waals surface area (Å²) in [7, 11) is 1.73. The molecule has 0 aliphatic heterocycles. The van der Waals surface area contributed by atoms with Crippen molar-refractivity contribution in [1.29, 1.82) is 0 Å². The molecule has 4 nitrogen and oxygen atoms in total. The molecule has 0 radical (unpaired) electrons. The van der Waals surface area contributed by atoms with Gasteiger partial charge in [0.2, 0.25) is 0 Å². The summed E-state index contributed by atoms with van der Waals surface area (Å²) in [5.41, 5.74) is 1.56. The van der Waals surface area contributed by atoms with E-state index in [-0.39, 0.29) is 5.82 Å². The van der Waals surface area contributed by atoms with Gasteiger partial charge in [-0.05, 0) is 43.9 Å². The van der Waals surface area contributed by atoms with E-state index in [1.54, 1.807) is 26.1 Å². The van der Waals surface area contributed by atoms with Crippen LogP contribution < -0.4 is 10.6 Å². The van der Waals surface area contributed by atoms with Crippen LogP contribution in [0.4, 0.5) is 4.39 Å². The van der Waals surface area contributed by atoms with Crippen LogP contribution in [0, 0.1) is 12.7 Å². The van der Waals surface area contributed by atoms with E-state index in [1.165, 1.54) is 0 Å². The molecule has 0 unspecified atom stereocenters. The van der Waals surface area contributed by atoms with Gasteiger partial charge in [0.1, 0.15) is 5.82 Å². The third-order valence-electron chi connectivity index (χ3n) is 3.13. The van der Waals surface area contributed by atoms with Crippen LogP contribution in [0.1, 0.15) is 30.9 Å². The highest BCUT2D eigenvalue weighted by atomic mass is 19.1. The normalized spacial score (nSPS) is 11.5. The third-order valence-corrected chi connectivity index (χ3v) is 3.13. The van der Waals surface area contributed by atoms with E-state index < -0.39 is 0 Å². The summed E-state index contributed by atoms with van der Waals surface area (Å²) >= 11 is 0. The smallest absolute Gasteiger partial charge is 0.191 e. The molecule has 0 amide bonds. The van der Waals surface area contributed by atoms with E-state index in [1.807, 2.05) is 13.0 Å². The summed E-state index contributed by atoms with van der Waals surface area (Å²) in [4.78, 5) is 4.15. The maximum absolute atomic E-state index is 13.5. The number of guanidine groups is 1. The SMILES string of the molecule is CCOCCCCNC(=NC)NCc1ccc(C)c(F)c1. The average molecular weight is 295 g/mol. The summed E-state index contributed by atoms with van der Waals surface area (Å²) in [6.07, 6.45) is 2.06. The zero-order chi connectivity index (χ0) is 15.5. The van der Waals surface area contributed by atoms with Crippen molar-refractivity contribution in [3.05, 3.63) is 35.1 Å². The van der Waals surface area contributed by atoms with Crippen LogP contribution in [0.5, 0.6) is 0 Å². The number of nitrogens with one attached hydrogen (secondary N) is 2. The Hall–Kier alpha value is -1.62. The summed E-state index contributed by atoms with van der Waals surface area (Å²) in [5, 5.41) is 6.41. The van der Waals surface area contributed by atoms with E-state index in [0.717, 1.165) is 44.1 Å². The Balaban J connectivity index is 2.26. The van der Waals surface area contributed by atoms with Gasteiger partial charge in [0.15, 0.2) is 5.96 Å². The molecule has 0 saturated carbocycles. The Morgan fingerprint density at radius 3 is 2.76 bits per heavy atom. The summed E-state index contributed by atoms with van der Waals surface area (Å²) < 4.78 is 18.7. The minimum Gasteiger partial charge on any atom is -0.382 e. The van der Waals surface area contributed by atoms with Gasteiger partial charge in [-0.15, -0.1) is 0 Å². The molecule has 0 saturated heterocycles. The van der Waals surface area contributed by atoms with Gasteiger partial charge >= 0.3 is 0 Å². The molecule has 21 heavy (non-hydrogen) atoms. The molecule has 0 fully saturated rings. The van der Waals surface area contributed by atoms with E-state index in [9.17, 15) is 4.39 Å². The molecule has 118 valence electrons. The van der Waals surface area contributed by atoms with E-state index in [2.05, 4.69) is 15.6 Å². The van der Waals surface area contributed by atoms with Gasteiger partial charge in [-0.25, -0.2) is 4.39 Å². The van der Waals surface area contributed by atoms with Crippen molar-refractivity contribution in [3.63, 3.8) is 0 Å². The average Bonchev–Trinajstić information content (AvgIpc) is 2.49. The van der Waals surface area contributed by atoms with Crippen molar-refractivity contribution < 1.29 is 9.13 Å². The minimum atomic E-state index is -0.173. The molecular formula is C16H26FN3O. The molecular weight excluding hydrogens is 269 g/mol. The summed E-state index contributed by atoms with van der Waals surface area (Å²) in [6, 6.07) is 5.26. The topological polar surface area (TPSA) is 45.6 Å². The van der Waals surface area contributed by atoms with Gasteiger partial charge < -0.3 is 15.4 Å². The fourth-order valence-corrected chi connectivity index (χ4v) is 1.83.